The molecule has 1 aliphatic heterocycles. The number of rotatable bonds is 4. The van der Waals surface area contributed by atoms with Gasteiger partial charge in [0, 0.05) is 37.9 Å². The van der Waals surface area contributed by atoms with Crippen LogP contribution < -0.4 is 0 Å². The van der Waals surface area contributed by atoms with E-state index in [4.69, 9.17) is 9.84 Å². The summed E-state index contributed by atoms with van der Waals surface area (Å²) >= 11 is 0. The average Bonchev–Trinajstić information content (AvgIpc) is 2.88. The molecule has 0 saturated carbocycles. The molecule has 3 rings (SSSR count). The molecule has 0 radical (unpaired) electrons. The van der Waals surface area contributed by atoms with Gasteiger partial charge in [0.05, 0.1) is 18.8 Å². The van der Waals surface area contributed by atoms with Gasteiger partial charge < -0.3 is 14.4 Å². The minimum absolute atomic E-state index is 0. The molecule has 0 aliphatic carbocycles. The molecule has 0 spiro atoms. The highest BCUT2D eigenvalue weighted by molar-refractivity contribution is 5.93. The van der Waals surface area contributed by atoms with E-state index < -0.39 is 5.97 Å². The van der Waals surface area contributed by atoms with Crippen LogP contribution in [0.2, 0.25) is 0 Å². The normalized spacial score (nSPS) is 15.8. The van der Waals surface area contributed by atoms with Gasteiger partial charge in [-0.15, -0.1) is 12.4 Å². The molecule has 1 aliphatic rings. The van der Waals surface area contributed by atoms with E-state index in [1.807, 2.05) is 18.3 Å². The van der Waals surface area contributed by atoms with Crippen molar-refractivity contribution in [2.75, 3.05) is 32.8 Å². The van der Waals surface area contributed by atoms with Crippen LogP contribution in [-0.2, 0) is 11.3 Å². The van der Waals surface area contributed by atoms with Crippen molar-refractivity contribution < 1.29 is 14.6 Å². The van der Waals surface area contributed by atoms with Gasteiger partial charge in [-0.1, -0.05) is 6.07 Å². The second kappa shape index (κ2) is 6.93. The van der Waals surface area contributed by atoms with Crippen molar-refractivity contribution in [2.45, 2.75) is 6.54 Å². The minimum Gasteiger partial charge on any atom is -0.478 e. The number of nitrogens with zero attached hydrogens (tertiary/aromatic N) is 2. The van der Waals surface area contributed by atoms with Gasteiger partial charge in [0.2, 0.25) is 0 Å². The van der Waals surface area contributed by atoms with Gasteiger partial charge in [-0.25, -0.2) is 4.79 Å². The number of ether oxygens (including phenoxy) is 1. The highest BCUT2D eigenvalue weighted by Gasteiger charge is 2.11. The number of carboxylic acid groups (broad SMARTS) is 1. The molecule has 5 nitrogen and oxygen atoms in total. The number of morpholine rings is 1. The predicted octanol–water partition coefficient (Wildman–Crippen LogP) is 2.09. The van der Waals surface area contributed by atoms with Gasteiger partial charge in [0.15, 0.2) is 0 Å². The second-order valence-electron chi connectivity index (χ2n) is 5.04. The van der Waals surface area contributed by atoms with Crippen LogP contribution in [0.1, 0.15) is 10.4 Å². The lowest BCUT2D eigenvalue weighted by atomic mass is 10.1. The number of benzene rings is 1. The first-order valence-electron chi connectivity index (χ1n) is 6.86. The summed E-state index contributed by atoms with van der Waals surface area (Å²) in [5.74, 6) is -0.882. The average molecular weight is 311 g/mol. The highest BCUT2D eigenvalue weighted by Crippen LogP contribution is 2.18. The van der Waals surface area contributed by atoms with Crippen molar-refractivity contribution in [1.29, 1.82) is 0 Å². The zero-order chi connectivity index (χ0) is 13.9. The molecule has 0 unspecified atom stereocenters. The lowest BCUT2D eigenvalue weighted by Crippen LogP contribution is -2.38. The number of carbonyl (C=O) groups is 1. The Morgan fingerprint density at radius 1 is 1.19 bits per heavy atom. The molecule has 0 bridgehead atoms. The van der Waals surface area contributed by atoms with Crippen LogP contribution in [0.5, 0.6) is 0 Å². The zero-order valence-corrected chi connectivity index (χ0v) is 12.5. The molecule has 2 heterocycles. The Bertz CT molecular complexity index is 620. The van der Waals surface area contributed by atoms with Crippen LogP contribution in [0.25, 0.3) is 10.9 Å². The Morgan fingerprint density at radius 3 is 2.67 bits per heavy atom. The Kier molecular flexibility index (Phi) is 5.22. The molecule has 114 valence electrons. The number of fused-ring (bicyclic) bond motifs is 1. The topological polar surface area (TPSA) is 54.7 Å². The van der Waals surface area contributed by atoms with E-state index in [2.05, 4.69) is 9.47 Å². The van der Waals surface area contributed by atoms with E-state index in [9.17, 15) is 4.79 Å². The fourth-order valence-corrected chi connectivity index (χ4v) is 2.59. The molecule has 1 aromatic carbocycles. The molecule has 1 saturated heterocycles. The Balaban J connectivity index is 0.00000161. The van der Waals surface area contributed by atoms with Crippen molar-refractivity contribution in [3.05, 3.63) is 36.0 Å². The van der Waals surface area contributed by atoms with Crippen LogP contribution in [0, 0.1) is 0 Å². The first-order chi connectivity index (χ1) is 9.74. The van der Waals surface area contributed by atoms with Gasteiger partial charge in [0.1, 0.15) is 0 Å². The van der Waals surface area contributed by atoms with Crippen LogP contribution in [0.4, 0.5) is 0 Å². The first kappa shape index (κ1) is 15.8. The highest BCUT2D eigenvalue weighted by atomic mass is 35.5. The predicted molar refractivity (Wildman–Crippen MR) is 83.4 cm³/mol. The lowest BCUT2D eigenvalue weighted by Gasteiger charge is -2.26. The van der Waals surface area contributed by atoms with Crippen LogP contribution >= 0.6 is 12.4 Å². The molecule has 0 atom stereocenters. The summed E-state index contributed by atoms with van der Waals surface area (Å²) in [5, 5.41) is 10.2. The third kappa shape index (κ3) is 3.56. The summed E-state index contributed by atoms with van der Waals surface area (Å²) in [7, 11) is 0. The van der Waals surface area contributed by atoms with Crippen molar-refractivity contribution in [3.8, 4) is 0 Å². The van der Waals surface area contributed by atoms with E-state index in [1.165, 1.54) is 0 Å². The molecule has 1 fully saturated rings. The van der Waals surface area contributed by atoms with Crippen molar-refractivity contribution in [2.24, 2.45) is 0 Å². The van der Waals surface area contributed by atoms with E-state index in [0.29, 0.717) is 5.56 Å². The number of hydrogen-bond donors (Lipinski definition) is 1. The van der Waals surface area contributed by atoms with E-state index in [-0.39, 0.29) is 12.4 Å². The van der Waals surface area contributed by atoms with E-state index >= 15 is 0 Å². The minimum atomic E-state index is -0.882. The fraction of sp³-hybridized carbons (Fsp3) is 0.400. The van der Waals surface area contributed by atoms with Crippen molar-refractivity contribution in [3.63, 3.8) is 0 Å². The monoisotopic (exact) mass is 310 g/mol. The molecule has 2 aromatic rings. The largest absolute Gasteiger partial charge is 0.478 e. The van der Waals surface area contributed by atoms with Gasteiger partial charge >= 0.3 is 5.97 Å². The van der Waals surface area contributed by atoms with Crippen molar-refractivity contribution >= 4 is 29.3 Å². The van der Waals surface area contributed by atoms with Gasteiger partial charge in [-0.2, -0.15) is 0 Å². The summed E-state index contributed by atoms with van der Waals surface area (Å²) in [6, 6.07) is 7.29. The summed E-state index contributed by atoms with van der Waals surface area (Å²) < 4.78 is 7.46. The Hall–Kier alpha value is -1.56. The number of halogens is 1. The molecular weight excluding hydrogens is 292 g/mol. The van der Waals surface area contributed by atoms with Gasteiger partial charge in [-0.3, -0.25) is 4.90 Å². The number of aromatic carboxylic acids is 1. The first-order valence-corrected chi connectivity index (χ1v) is 6.86. The SMILES string of the molecule is Cl.O=C(O)c1ccc2ccn(CCN3CCOCC3)c2c1. The Morgan fingerprint density at radius 2 is 1.95 bits per heavy atom. The zero-order valence-electron chi connectivity index (χ0n) is 11.7. The van der Waals surface area contributed by atoms with Crippen LogP contribution in [-0.4, -0.2) is 53.4 Å². The lowest BCUT2D eigenvalue weighted by molar-refractivity contribution is 0.0365. The standard InChI is InChI=1S/C15H18N2O3.ClH/c18-15(19)13-2-1-12-3-4-17(14(12)11-13)6-5-16-7-9-20-10-8-16;/h1-4,11H,5-10H2,(H,18,19);1H. The Labute approximate surface area is 129 Å². The quantitative estimate of drug-likeness (QED) is 0.939. The maximum absolute atomic E-state index is 11.1. The number of aromatic nitrogens is 1. The fourth-order valence-electron chi connectivity index (χ4n) is 2.59. The van der Waals surface area contributed by atoms with Crippen LogP contribution in [0.15, 0.2) is 30.5 Å². The number of hydrogen-bond acceptors (Lipinski definition) is 3. The third-order valence-electron chi connectivity index (χ3n) is 3.78. The summed E-state index contributed by atoms with van der Waals surface area (Å²) in [5.41, 5.74) is 1.32. The van der Waals surface area contributed by atoms with E-state index in [1.54, 1.807) is 12.1 Å². The molecule has 1 aromatic heterocycles. The van der Waals surface area contributed by atoms with Crippen LogP contribution in [0.3, 0.4) is 0 Å². The summed E-state index contributed by atoms with van der Waals surface area (Å²) in [6.45, 7) is 5.38. The van der Waals surface area contributed by atoms with Crippen molar-refractivity contribution in [1.82, 2.24) is 9.47 Å². The van der Waals surface area contributed by atoms with Gasteiger partial charge in [0.25, 0.3) is 0 Å². The third-order valence-corrected chi connectivity index (χ3v) is 3.78. The van der Waals surface area contributed by atoms with Gasteiger partial charge in [-0.05, 0) is 23.6 Å². The summed E-state index contributed by atoms with van der Waals surface area (Å²) in [4.78, 5) is 13.4. The smallest absolute Gasteiger partial charge is 0.335 e. The van der Waals surface area contributed by atoms with E-state index in [0.717, 1.165) is 50.3 Å². The number of carboxylic acids is 1. The molecule has 0 amide bonds. The molecule has 6 heteroatoms. The maximum atomic E-state index is 11.1. The summed E-state index contributed by atoms with van der Waals surface area (Å²) in [6.07, 6.45) is 2.02. The molecule has 1 N–H and O–H groups in total. The molecular formula is C15H19ClN2O3. The maximum Gasteiger partial charge on any atom is 0.335 e. The second-order valence-corrected chi connectivity index (χ2v) is 5.04. The molecule has 21 heavy (non-hydrogen) atoms.